The summed E-state index contributed by atoms with van der Waals surface area (Å²) in [5, 5.41) is 7.20. The number of rotatable bonds is 5. The fraction of sp³-hybridized carbons (Fsp3) is 0.520. The van der Waals surface area contributed by atoms with Crippen molar-refractivity contribution in [3.05, 3.63) is 64.7 Å². The molecule has 2 aromatic rings. The zero-order chi connectivity index (χ0) is 22.1. The van der Waals surface area contributed by atoms with Gasteiger partial charge in [0.25, 0.3) is 0 Å². The number of piperidine rings is 1. The minimum absolute atomic E-state index is 0.130. The van der Waals surface area contributed by atoms with Crippen molar-refractivity contribution < 1.29 is 17.9 Å². The van der Waals surface area contributed by atoms with E-state index in [1.807, 2.05) is 24.3 Å². The number of alkyl halides is 3. The molecular weight excluding hydrogens is 401 g/mol. The molecule has 1 unspecified atom stereocenters. The van der Waals surface area contributed by atoms with Crippen LogP contribution >= 0.6 is 0 Å². The Morgan fingerprint density at radius 1 is 1.16 bits per heavy atom. The number of hydrogen-bond donors (Lipinski definition) is 2. The van der Waals surface area contributed by atoms with Crippen LogP contribution in [0.25, 0.3) is 0 Å². The molecule has 1 saturated heterocycles. The summed E-state index contributed by atoms with van der Waals surface area (Å²) in [6.07, 6.45) is -0.864. The van der Waals surface area contributed by atoms with Gasteiger partial charge in [-0.25, -0.2) is 0 Å². The van der Waals surface area contributed by atoms with Crippen molar-refractivity contribution in [2.75, 3.05) is 13.7 Å². The summed E-state index contributed by atoms with van der Waals surface area (Å²) in [6.45, 7) is 2.77. The van der Waals surface area contributed by atoms with Crippen molar-refractivity contribution in [1.82, 2.24) is 10.6 Å². The second-order valence-corrected chi connectivity index (χ2v) is 8.98. The highest BCUT2D eigenvalue weighted by Gasteiger charge is 2.53. The van der Waals surface area contributed by atoms with Crippen LogP contribution in [0.5, 0.6) is 5.75 Å². The molecule has 0 spiro atoms. The van der Waals surface area contributed by atoms with Gasteiger partial charge in [-0.1, -0.05) is 30.3 Å². The molecule has 4 rings (SSSR count). The molecule has 1 aliphatic heterocycles. The summed E-state index contributed by atoms with van der Waals surface area (Å²) in [5.41, 5.74) is 1.37. The van der Waals surface area contributed by atoms with Gasteiger partial charge in [-0.15, -0.1) is 0 Å². The highest BCUT2D eigenvalue weighted by molar-refractivity contribution is 5.48. The SMILES string of the molecule is COc1cc2c(cc1CN[C@H]1CCCN[C@H]1c1ccccc1)C(C)(C(F)(F)F)CCC2. The van der Waals surface area contributed by atoms with Crippen molar-refractivity contribution in [2.24, 2.45) is 0 Å². The Kier molecular flexibility index (Phi) is 6.31. The first-order valence-corrected chi connectivity index (χ1v) is 11.1. The number of fused-ring (bicyclic) bond motifs is 1. The topological polar surface area (TPSA) is 33.3 Å². The highest BCUT2D eigenvalue weighted by Crippen LogP contribution is 2.49. The van der Waals surface area contributed by atoms with Gasteiger partial charge in [-0.05, 0) is 74.4 Å². The van der Waals surface area contributed by atoms with Crippen molar-refractivity contribution in [1.29, 1.82) is 0 Å². The molecule has 6 heteroatoms. The van der Waals surface area contributed by atoms with Crippen LogP contribution < -0.4 is 15.4 Å². The van der Waals surface area contributed by atoms with Gasteiger partial charge in [0.15, 0.2) is 0 Å². The number of methoxy groups -OCH3 is 1. The standard InChI is InChI=1S/C25H31F3N2O/c1-24(25(26,27)28)12-6-10-18-15-22(31-2)19(14-20(18)24)16-30-21-11-7-13-29-23(21)17-8-4-3-5-9-17/h3-5,8-9,14-15,21,23,29-30H,6-7,10-13,16H2,1-2H3/t21-,23-,24?/m0/s1. The van der Waals surface area contributed by atoms with E-state index in [0.29, 0.717) is 30.7 Å². The lowest BCUT2D eigenvalue weighted by atomic mass is 9.70. The first kappa shape index (κ1) is 22.2. The van der Waals surface area contributed by atoms with Gasteiger partial charge in [0.05, 0.1) is 12.5 Å². The van der Waals surface area contributed by atoms with Gasteiger partial charge in [0, 0.05) is 24.2 Å². The van der Waals surface area contributed by atoms with Crippen LogP contribution in [0.15, 0.2) is 42.5 Å². The van der Waals surface area contributed by atoms with Gasteiger partial charge in [-0.2, -0.15) is 13.2 Å². The zero-order valence-corrected chi connectivity index (χ0v) is 18.2. The molecule has 0 aromatic heterocycles. The van der Waals surface area contributed by atoms with E-state index in [1.165, 1.54) is 12.5 Å². The third-order valence-electron chi connectivity index (χ3n) is 7.02. The van der Waals surface area contributed by atoms with E-state index >= 15 is 0 Å². The Morgan fingerprint density at radius 2 is 1.94 bits per heavy atom. The first-order valence-electron chi connectivity index (χ1n) is 11.1. The van der Waals surface area contributed by atoms with Gasteiger partial charge in [0.2, 0.25) is 0 Å². The molecule has 3 nitrogen and oxygen atoms in total. The largest absolute Gasteiger partial charge is 0.496 e. The minimum Gasteiger partial charge on any atom is -0.496 e. The summed E-state index contributed by atoms with van der Waals surface area (Å²) in [7, 11) is 1.59. The monoisotopic (exact) mass is 432 g/mol. The maximum Gasteiger partial charge on any atom is 0.398 e. The van der Waals surface area contributed by atoms with Gasteiger partial charge in [0.1, 0.15) is 5.75 Å². The molecule has 31 heavy (non-hydrogen) atoms. The van der Waals surface area contributed by atoms with Gasteiger partial charge < -0.3 is 15.4 Å². The third-order valence-corrected chi connectivity index (χ3v) is 7.02. The summed E-state index contributed by atoms with van der Waals surface area (Å²) in [4.78, 5) is 0. The lowest BCUT2D eigenvalue weighted by molar-refractivity contribution is -0.189. The molecule has 1 heterocycles. The molecule has 3 atom stereocenters. The number of ether oxygens (including phenoxy) is 1. The fourth-order valence-electron chi connectivity index (χ4n) is 5.14. The van der Waals surface area contributed by atoms with Crippen LogP contribution in [0.4, 0.5) is 13.2 Å². The molecule has 0 radical (unpaired) electrons. The van der Waals surface area contributed by atoms with E-state index in [-0.39, 0.29) is 18.5 Å². The lowest BCUT2D eigenvalue weighted by Crippen LogP contribution is -2.45. The predicted molar refractivity (Wildman–Crippen MR) is 116 cm³/mol. The van der Waals surface area contributed by atoms with E-state index in [1.54, 1.807) is 13.2 Å². The summed E-state index contributed by atoms with van der Waals surface area (Å²) in [5.74, 6) is 0.665. The van der Waals surface area contributed by atoms with Crippen molar-refractivity contribution in [3.8, 4) is 5.75 Å². The third kappa shape index (κ3) is 4.33. The average Bonchev–Trinajstić information content (AvgIpc) is 2.77. The van der Waals surface area contributed by atoms with E-state index in [2.05, 4.69) is 22.8 Å². The Bertz CT molecular complexity index is 900. The van der Waals surface area contributed by atoms with Crippen LogP contribution in [0.2, 0.25) is 0 Å². The zero-order valence-electron chi connectivity index (χ0n) is 18.2. The van der Waals surface area contributed by atoms with Gasteiger partial charge in [-0.3, -0.25) is 0 Å². The lowest BCUT2D eigenvalue weighted by Gasteiger charge is -2.38. The number of hydrogen-bond acceptors (Lipinski definition) is 3. The molecular formula is C25H31F3N2O. The normalized spacial score (nSPS) is 26.4. The number of halogens is 3. The van der Waals surface area contributed by atoms with Crippen molar-refractivity contribution in [3.63, 3.8) is 0 Å². The predicted octanol–water partition coefficient (Wildman–Crippen LogP) is 5.43. The second kappa shape index (κ2) is 8.83. The molecule has 0 amide bonds. The Balaban J connectivity index is 1.60. The van der Waals surface area contributed by atoms with Crippen LogP contribution in [0.1, 0.15) is 60.9 Å². The fourth-order valence-corrected chi connectivity index (χ4v) is 5.14. The maximum atomic E-state index is 14.0. The molecule has 2 aliphatic rings. The Labute approximate surface area is 182 Å². The van der Waals surface area contributed by atoms with Crippen molar-refractivity contribution in [2.45, 2.75) is 69.2 Å². The number of nitrogens with one attached hydrogen (secondary N) is 2. The summed E-state index contributed by atoms with van der Waals surface area (Å²) < 4.78 is 47.5. The summed E-state index contributed by atoms with van der Waals surface area (Å²) in [6, 6.07) is 14.2. The maximum absolute atomic E-state index is 14.0. The molecule has 168 valence electrons. The van der Waals surface area contributed by atoms with E-state index in [0.717, 1.165) is 30.5 Å². The highest BCUT2D eigenvalue weighted by atomic mass is 19.4. The second-order valence-electron chi connectivity index (χ2n) is 8.98. The van der Waals surface area contributed by atoms with Crippen LogP contribution in [-0.4, -0.2) is 25.9 Å². The quantitative estimate of drug-likeness (QED) is 0.661. The van der Waals surface area contributed by atoms with Gasteiger partial charge >= 0.3 is 6.18 Å². The molecule has 0 saturated carbocycles. The van der Waals surface area contributed by atoms with E-state index in [9.17, 15) is 13.2 Å². The molecule has 1 aliphatic carbocycles. The molecule has 0 bridgehead atoms. The number of benzene rings is 2. The summed E-state index contributed by atoms with van der Waals surface area (Å²) >= 11 is 0. The van der Waals surface area contributed by atoms with Crippen molar-refractivity contribution >= 4 is 0 Å². The van der Waals surface area contributed by atoms with E-state index in [4.69, 9.17) is 4.74 Å². The number of aryl methyl sites for hydroxylation is 1. The molecule has 2 N–H and O–H groups in total. The smallest absolute Gasteiger partial charge is 0.398 e. The Morgan fingerprint density at radius 3 is 2.65 bits per heavy atom. The van der Waals surface area contributed by atoms with Crippen LogP contribution in [-0.2, 0) is 18.4 Å². The molecule has 1 fully saturated rings. The average molecular weight is 433 g/mol. The minimum atomic E-state index is -4.27. The van der Waals surface area contributed by atoms with E-state index < -0.39 is 11.6 Å². The Hall–Kier alpha value is -2.05. The van der Waals surface area contributed by atoms with Crippen LogP contribution in [0.3, 0.4) is 0 Å². The van der Waals surface area contributed by atoms with Crippen LogP contribution in [0, 0.1) is 0 Å². The molecule has 2 aromatic carbocycles. The first-order chi connectivity index (χ1) is 14.8.